The van der Waals surface area contributed by atoms with Crippen LogP contribution >= 0.6 is 11.8 Å². The lowest BCUT2D eigenvalue weighted by molar-refractivity contribution is 0.134. The Morgan fingerprint density at radius 1 is 1.19 bits per heavy atom. The van der Waals surface area contributed by atoms with Crippen LogP contribution < -0.4 is 5.32 Å². The predicted octanol–water partition coefficient (Wildman–Crippen LogP) is 5.74. The van der Waals surface area contributed by atoms with E-state index in [1.54, 1.807) is 0 Å². The monoisotopic (exact) mass is 313 g/mol. The third-order valence-electron chi connectivity index (χ3n) is 5.17. The van der Waals surface area contributed by atoms with Gasteiger partial charge in [-0.25, -0.2) is 0 Å². The summed E-state index contributed by atoms with van der Waals surface area (Å²) in [4.78, 5) is 0. The molecule has 0 aliphatic heterocycles. The van der Waals surface area contributed by atoms with E-state index in [0.29, 0.717) is 5.41 Å². The number of rotatable bonds is 11. The van der Waals surface area contributed by atoms with Crippen molar-refractivity contribution in [1.29, 1.82) is 0 Å². The molecule has 1 fully saturated rings. The molecule has 0 aromatic carbocycles. The highest BCUT2D eigenvalue weighted by Gasteiger charge is 2.34. The lowest BCUT2D eigenvalue weighted by Crippen LogP contribution is -2.39. The number of hydrogen-bond donors (Lipinski definition) is 1. The maximum atomic E-state index is 3.77. The zero-order valence-corrected chi connectivity index (χ0v) is 15.9. The maximum Gasteiger partial charge on any atom is 0.000822 e. The van der Waals surface area contributed by atoms with E-state index in [-0.39, 0.29) is 0 Å². The maximum absolute atomic E-state index is 3.77. The van der Waals surface area contributed by atoms with Gasteiger partial charge >= 0.3 is 0 Å². The van der Waals surface area contributed by atoms with Crippen molar-refractivity contribution in [2.75, 3.05) is 24.6 Å². The third kappa shape index (κ3) is 7.93. The zero-order chi connectivity index (χ0) is 15.6. The van der Waals surface area contributed by atoms with Gasteiger partial charge in [0.2, 0.25) is 0 Å². The molecule has 1 nitrogen and oxygen atoms in total. The van der Waals surface area contributed by atoms with E-state index in [2.05, 4.69) is 44.8 Å². The molecule has 0 spiro atoms. The fraction of sp³-hybridized carbons (Fsp3) is 1.00. The quantitative estimate of drug-likeness (QED) is 0.488. The van der Waals surface area contributed by atoms with Crippen LogP contribution in [0.1, 0.15) is 79.1 Å². The van der Waals surface area contributed by atoms with Crippen LogP contribution in [0.3, 0.4) is 0 Å². The number of unbranched alkanes of at least 4 members (excludes halogenated alkanes) is 1. The van der Waals surface area contributed by atoms with E-state index >= 15 is 0 Å². The molecule has 0 aromatic rings. The van der Waals surface area contributed by atoms with Crippen molar-refractivity contribution in [3.05, 3.63) is 0 Å². The van der Waals surface area contributed by atoms with Crippen LogP contribution in [0.4, 0.5) is 0 Å². The Morgan fingerprint density at radius 2 is 1.90 bits per heavy atom. The first-order chi connectivity index (χ1) is 10.1. The molecule has 1 rings (SSSR count). The second-order valence-electron chi connectivity index (χ2n) is 7.56. The van der Waals surface area contributed by atoms with Gasteiger partial charge in [-0.2, -0.15) is 11.8 Å². The highest BCUT2D eigenvalue weighted by Crippen LogP contribution is 2.43. The molecule has 0 bridgehead atoms. The fourth-order valence-corrected chi connectivity index (χ4v) is 4.51. The Bertz CT molecular complexity index is 244. The first-order valence-electron chi connectivity index (χ1n) is 9.40. The molecule has 1 N–H and O–H groups in total. The Labute approximate surface area is 138 Å². The largest absolute Gasteiger partial charge is 0.316 e. The molecular formula is C19H39NS. The van der Waals surface area contributed by atoms with Crippen molar-refractivity contribution in [2.24, 2.45) is 17.3 Å². The molecule has 1 aliphatic carbocycles. The lowest BCUT2D eigenvalue weighted by Gasteiger charge is -2.41. The number of nitrogens with one attached hydrogen (secondary N) is 1. The molecule has 1 aliphatic rings. The van der Waals surface area contributed by atoms with E-state index in [4.69, 9.17) is 0 Å². The van der Waals surface area contributed by atoms with Crippen molar-refractivity contribution in [1.82, 2.24) is 5.32 Å². The van der Waals surface area contributed by atoms with Crippen molar-refractivity contribution in [2.45, 2.75) is 79.1 Å². The zero-order valence-electron chi connectivity index (χ0n) is 15.0. The van der Waals surface area contributed by atoms with Crippen LogP contribution in [0.15, 0.2) is 0 Å². The van der Waals surface area contributed by atoms with Crippen molar-refractivity contribution in [3.8, 4) is 0 Å². The van der Waals surface area contributed by atoms with E-state index < -0.39 is 0 Å². The minimum atomic E-state index is 0.611. The smallest absolute Gasteiger partial charge is 0.000822 e. The summed E-state index contributed by atoms with van der Waals surface area (Å²) in [6.07, 6.45) is 11.6. The van der Waals surface area contributed by atoms with Gasteiger partial charge < -0.3 is 5.32 Å². The summed E-state index contributed by atoms with van der Waals surface area (Å²) in [6, 6.07) is 0. The van der Waals surface area contributed by atoms with Crippen molar-refractivity contribution < 1.29 is 0 Å². The molecule has 0 unspecified atom stereocenters. The summed E-state index contributed by atoms with van der Waals surface area (Å²) in [5.41, 5.74) is 0.611. The average Bonchev–Trinajstić information content (AvgIpc) is 2.47. The van der Waals surface area contributed by atoms with Gasteiger partial charge in [-0.1, -0.05) is 47.0 Å². The minimum absolute atomic E-state index is 0.611. The van der Waals surface area contributed by atoms with Gasteiger partial charge in [0, 0.05) is 6.54 Å². The summed E-state index contributed by atoms with van der Waals surface area (Å²) >= 11 is 2.13. The predicted molar refractivity (Wildman–Crippen MR) is 99.2 cm³/mol. The SMILES string of the molecule is CCCCC1CCC(CCSCC)(CNCC(C)C)CC1. The molecule has 126 valence electrons. The van der Waals surface area contributed by atoms with E-state index in [1.807, 2.05) is 0 Å². The molecular weight excluding hydrogens is 274 g/mol. The first kappa shape index (κ1) is 19.4. The van der Waals surface area contributed by atoms with Crippen LogP contribution in [0.2, 0.25) is 0 Å². The summed E-state index contributed by atoms with van der Waals surface area (Å²) in [5.74, 6) is 4.43. The van der Waals surface area contributed by atoms with Gasteiger partial charge in [0.25, 0.3) is 0 Å². The number of hydrogen-bond acceptors (Lipinski definition) is 2. The summed E-state index contributed by atoms with van der Waals surface area (Å²) in [7, 11) is 0. The first-order valence-corrected chi connectivity index (χ1v) is 10.6. The molecule has 0 heterocycles. The Morgan fingerprint density at radius 3 is 2.48 bits per heavy atom. The molecule has 21 heavy (non-hydrogen) atoms. The van der Waals surface area contributed by atoms with Crippen molar-refractivity contribution in [3.63, 3.8) is 0 Å². The Kier molecular flexibility index (Phi) is 10.1. The van der Waals surface area contributed by atoms with Crippen LogP contribution in [-0.4, -0.2) is 24.6 Å². The van der Waals surface area contributed by atoms with Crippen LogP contribution in [0, 0.1) is 17.3 Å². The minimum Gasteiger partial charge on any atom is -0.316 e. The van der Waals surface area contributed by atoms with Crippen LogP contribution in [0.25, 0.3) is 0 Å². The molecule has 0 radical (unpaired) electrons. The van der Waals surface area contributed by atoms with E-state index in [1.165, 1.54) is 76.0 Å². The summed E-state index contributed by atoms with van der Waals surface area (Å²) in [6.45, 7) is 11.7. The molecule has 2 heteroatoms. The fourth-order valence-electron chi connectivity index (χ4n) is 3.65. The lowest BCUT2D eigenvalue weighted by atomic mass is 9.68. The average molecular weight is 314 g/mol. The molecule has 0 amide bonds. The molecule has 0 saturated heterocycles. The van der Waals surface area contributed by atoms with Gasteiger partial charge in [-0.05, 0) is 67.4 Å². The highest BCUT2D eigenvalue weighted by atomic mass is 32.2. The summed E-state index contributed by atoms with van der Waals surface area (Å²) in [5, 5.41) is 3.77. The van der Waals surface area contributed by atoms with Crippen molar-refractivity contribution >= 4 is 11.8 Å². The summed E-state index contributed by atoms with van der Waals surface area (Å²) < 4.78 is 0. The van der Waals surface area contributed by atoms with Gasteiger partial charge in [-0.15, -0.1) is 0 Å². The van der Waals surface area contributed by atoms with E-state index in [9.17, 15) is 0 Å². The van der Waals surface area contributed by atoms with Gasteiger partial charge in [-0.3, -0.25) is 0 Å². The normalized spacial score (nSPS) is 26.4. The molecule has 0 aromatic heterocycles. The second kappa shape index (κ2) is 10.9. The number of thioether (sulfide) groups is 1. The topological polar surface area (TPSA) is 12.0 Å². The molecule has 0 atom stereocenters. The Hall–Kier alpha value is 0.310. The van der Waals surface area contributed by atoms with E-state index in [0.717, 1.165) is 11.8 Å². The van der Waals surface area contributed by atoms with Crippen LogP contribution in [-0.2, 0) is 0 Å². The van der Waals surface area contributed by atoms with Gasteiger partial charge in [0.1, 0.15) is 0 Å². The van der Waals surface area contributed by atoms with Crippen LogP contribution in [0.5, 0.6) is 0 Å². The second-order valence-corrected chi connectivity index (χ2v) is 8.95. The Balaban J connectivity index is 2.42. The molecule has 1 saturated carbocycles. The standard InChI is InChI=1S/C19H39NS/c1-5-7-8-18-9-11-19(12-10-18,13-14-21-6-2)16-20-15-17(3)4/h17-18,20H,5-16H2,1-4H3. The third-order valence-corrected chi connectivity index (χ3v) is 6.07. The van der Waals surface area contributed by atoms with Gasteiger partial charge in [0.05, 0.1) is 0 Å². The highest BCUT2D eigenvalue weighted by molar-refractivity contribution is 7.99. The van der Waals surface area contributed by atoms with Gasteiger partial charge in [0.15, 0.2) is 0 Å².